The van der Waals surface area contributed by atoms with Gasteiger partial charge in [0.15, 0.2) is 0 Å². The standard InChI is InChI=1S/C7H7N5O/c13-7(6-4-10-12-11-6)5-3-8-1-2-9-5/h1-4,7,13H,(H,10,11,12). The molecule has 66 valence electrons. The van der Waals surface area contributed by atoms with E-state index in [-0.39, 0.29) is 0 Å². The Morgan fingerprint density at radius 3 is 2.85 bits per heavy atom. The van der Waals surface area contributed by atoms with Crippen LogP contribution in [0.3, 0.4) is 0 Å². The molecule has 2 N–H and O–H groups in total. The van der Waals surface area contributed by atoms with Crippen molar-refractivity contribution in [3.63, 3.8) is 0 Å². The van der Waals surface area contributed by atoms with Crippen LogP contribution in [0.5, 0.6) is 0 Å². The number of rotatable bonds is 2. The zero-order chi connectivity index (χ0) is 9.10. The van der Waals surface area contributed by atoms with E-state index in [4.69, 9.17) is 0 Å². The van der Waals surface area contributed by atoms with Crippen LogP contribution in [-0.2, 0) is 0 Å². The summed E-state index contributed by atoms with van der Waals surface area (Å²) in [5.74, 6) is 0. The highest BCUT2D eigenvalue weighted by Crippen LogP contribution is 2.14. The minimum absolute atomic E-state index is 0.431. The topological polar surface area (TPSA) is 87.6 Å². The number of hydrogen-bond acceptors (Lipinski definition) is 5. The van der Waals surface area contributed by atoms with Gasteiger partial charge in [0.25, 0.3) is 0 Å². The second-order valence-corrected chi connectivity index (χ2v) is 2.43. The Hall–Kier alpha value is -1.82. The summed E-state index contributed by atoms with van der Waals surface area (Å²) in [4.78, 5) is 7.78. The van der Waals surface area contributed by atoms with Gasteiger partial charge in [-0.15, -0.1) is 5.10 Å². The Morgan fingerprint density at radius 2 is 2.23 bits per heavy atom. The number of nitrogens with one attached hydrogen (secondary N) is 1. The second-order valence-electron chi connectivity index (χ2n) is 2.43. The summed E-state index contributed by atoms with van der Waals surface area (Å²) >= 11 is 0. The van der Waals surface area contributed by atoms with Crippen molar-refractivity contribution in [3.8, 4) is 0 Å². The van der Waals surface area contributed by atoms with Crippen molar-refractivity contribution in [1.82, 2.24) is 25.4 Å². The maximum absolute atomic E-state index is 9.66. The van der Waals surface area contributed by atoms with Crippen LogP contribution in [0.15, 0.2) is 24.8 Å². The van der Waals surface area contributed by atoms with Crippen LogP contribution in [0.25, 0.3) is 0 Å². The first-order chi connectivity index (χ1) is 6.38. The number of aliphatic hydroxyl groups excluding tert-OH is 1. The number of aliphatic hydroxyl groups is 1. The molecule has 2 aromatic rings. The Bertz CT molecular complexity index is 360. The second kappa shape index (κ2) is 3.28. The van der Waals surface area contributed by atoms with E-state index in [2.05, 4.69) is 25.4 Å². The Kier molecular flexibility index (Phi) is 1.97. The monoisotopic (exact) mass is 177 g/mol. The predicted octanol–water partition coefficient (Wildman–Crippen LogP) is -0.324. The summed E-state index contributed by atoms with van der Waals surface area (Å²) in [5.41, 5.74) is 0.886. The van der Waals surface area contributed by atoms with Gasteiger partial charge in [-0.25, -0.2) is 0 Å². The first kappa shape index (κ1) is 7.81. The molecular weight excluding hydrogens is 170 g/mol. The fourth-order valence-corrected chi connectivity index (χ4v) is 0.947. The van der Waals surface area contributed by atoms with Crippen molar-refractivity contribution in [2.75, 3.05) is 0 Å². The van der Waals surface area contributed by atoms with Gasteiger partial charge in [-0.1, -0.05) is 5.21 Å². The quantitative estimate of drug-likeness (QED) is 0.656. The minimum Gasteiger partial charge on any atom is -0.380 e. The van der Waals surface area contributed by atoms with Gasteiger partial charge in [0.2, 0.25) is 0 Å². The van der Waals surface area contributed by atoms with Crippen molar-refractivity contribution in [2.45, 2.75) is 6.10 Å². The van der Waals surface area contributed by atoms with E-state index in [9.17, 15) is 5.11 Å². The van der Waals surface area contributed by atoms with E-state index in [1.165, 1.54) is 18.6 Å². The summed E-state index contributed by atoms with van der Waals surface area (Å²) < 4.78 is 0. The molecule has 1 unspecified atom stereocenters. The summed E-state index contributed by atoms with van der Waals surface area (Å²) in [6.07, 6.45) is 5.18. The summed E-state index contributed by atoms with van der Waals surface area (Å²) in [5, 5.41) is 19.3. The van der Waals surface area contributed by atoms with Gasteiger partial charge < -0.3 is 5.11 Å². The van der Waals surface area contributed by atoms with Gasteiger partial charge in [-0.3, -0.25) is 15.1 Å². The summed E-state index contributed by atoms with van der Waals surface area (Å²) in [6.45, 7) is 0. The lowest BCUT2D eigenvalue weighted by Crippen LogP contribution is -2.02. The highest BCUT2D eigenvalue weighted by Gasteiger charge is 2.13. The van der Waals surface area contributed by atoms with Gasteiger partial charge in [-0.05, 0) is 0 Å². The predicted molar refractivity (Wildman–Crippen MR) is 42.5 cm³/mol. The lowest BCUT2D eigenvalue weighted by molar-refractivity contribution is 0.209. The van der Waals surface area contributed by atoms with E-state index in [1.54, 1.807) is 6.20 Å². The molecule has 0 aromatic carbocycles. The van der Waals surface area contributed by atoms with E-state index >= 15 is 0 Å². The van der Waals surface area contributed by atoms with E-state index in [1.807, 2.05) is 0 Å². The number of aromatic amines is 1. The molecule has 1 atom stereocenters. The van der Waals surface area contributed by atoms with Crippen molar-refractivity contribution in [2.24, 2.45) is 0 Å². The molecule has 2 heterocycles. The third-order valence-electron chi connectivity index (χ3n) is 1.58. The van der Waals surface area contributed by atoms with Gasteiger partial charge in [0.1, 0.15) is 11.8 Å². The summed E-state index contributed by atoms with van der Waals surface area (Å²) in [7, 11) is 0. The first-order valence-electron chi connectivity index (χ1n) is 3.68. The molecular formula is C7H7N5O. The number of H-pyrrole nitrogens is 1. The molecule has 13 heavy (non-hydrogen) atoms. The zero-order valence-electron chi connectivity index (χ0n) is 6.62. The third kappa shape index (κ3) is 1.52. The molecule has 0 saturated heterocycles. The van der Waals surface area contributed by atoms with Crippen molar-refractivity contribution in [1.29, 1.82) is 0 Å². The molecule has 0 spiro atoms. The molecule has 6 heteroatoms. The minimum atomic E-state index is -0.868. The fraction of sp³-hybridized carbons (Fsp3) is 0.143. The van der Waals surface area contributed by atoms with Crippen LogP contribution < -0.4 is 0 Å². The van der Waals surface area contributed by atoms with Gasteiger partial charge >= 0.3 is 0 Å². The maximum Gasteiger partial charge on any atom is 0.143 e. The van der Waals surface area contributed by atoms with Crippen molar-refractivity contribution >= 4 is 0 Å². The molecule has 0 aliphatic heterocycles. The van der Waals surface area contributed by atoms with Crippen LogP contribution in [0.1, 0.15) is 17.5 Å². The van der Waals surface area contributed by atoms with Crippen LogP contribution in [0, 0.1) is 0 Å². The van der Waals surface area contributed by atoms with Gasteiger partial charge in [-0.2, -0.15) is 0 Å². The Balaban J connectivity index is 2.29. The van der Waals surface area contributed by atoms with Crippen LogP contribution in [0.2, 0.25) is 0 Å². The van der Waals surface area contributed by atoms with Crippen LogP contribution in [-0.4, -0.2) is 30.5 Å². The smallest absolute Gasteiger partial charge is 0.143 e. The third-order valence-corrected chi connectivity index (χ3v) is 1.58. The average molecular weight is 177 g/mol. The Morgan fingerprint density at radius 1 is 1.31 bits per heavy atom. The highest BCUT2D eigenvalue weighted by atomic mass is 16.3. The maximum atomic E-state index is 9.66. The molecule has 0 amide bonds. The molecule has 2 rings (SSSR count). The Labute approximate surface area is 73.7 Å². The van der Waals surface area contributed by atoms with Crippen molar-refractivity contribution < 1.29 is 5.11 Å². The van der Waals surface area contributed by atoms with E-state index in [0.717, 1.165) is 0 Å². The number of aromatic nitrogens is 5. The van der Waals surface area contributed by atoms with Gasteiger partial charge in [0, 0.05) is 18.6 Å². The molecule has 0 bridgehead atoms. The molecule has 2 aromatic heterocycles. The van der Waals surface area contributed by atoms with E-state index < -0.39 is 6.10 Å². The van der Waals surface area contributed by atoms with Gasteiger partial charge in [0.05, 0.1) is 11.9 Å². The van der Waals surface area contributed by atoms with Crippen LogP contribution >= 0.6 is 0 Å². The lowest BCUT2D eigenvalue weighted by atomic mass is 10.2. The normalized spacial score (nSPS) is 12.7. The zero-order valence-corrected chi connectivity index (χ0v) is 6.62. The molecule has 6 nitrogen and oxygen atoms in total. The lowest BCUT2D eigenvalue weighted by Gasteiger charge is -2.03. The number of nitrogens with zero attached hydrogens (tertiary/aromatic N) is 4. The molecule has 0 fully saturated rings. The highest BCUT2D eigenvalue weighted by molar-refractivity contribution is 5.12. The summed E-state index contributed by atoms with van der Waals surface area (Å²) in [6, 6.07) is 0. The van der Waals surface area contributed by atoms with Crippen molar-refractivity contribution in [3.05, 3.63) is 36.2 Å². The van der Waals surface area contributed by atoms with Crippen LogP contribution in [0.4, 0.5) is 0 Å². The largest absolute Gasteiger partial charge is 0.380 e. The average Bonchev–Trinajstić information content (AvgIpc) is 2.71. The van der Waals surface area contributed by atoms with E-state index in [0.29, 0.717) is 11.4 Å². The number of hydrogen-bond donors (Lipinski definition) is 2. The molecule has 0 saturated carbocycles. The SMILES string of the molecule is OC(c1cnccn1)c1c[nH]nn1. The molecule has 0 radical (unpaired) electrons. The fourth-order valence-electron chi connectivity index (χ4n) is 0.947. The molecule has 0 aliphatic carbocycles. The molecule has 0 aliphatic rings. The first-order valence-corrected chi connectivity index (χ1v) is 3.68.